The fourth-order valence-electron chi connectivity index (χ4n) is 3.20. The molecular weight excluding hydrogens is 394 g/mol. The lowest BCUT2D eigenvalue weighted by atomic mass is 10.1. The first-order valence-corrected chi connectivity index (χ1v) is 9.72. The molecule has 1 aliphatic rings. The van der Waals surface area contributed by atoms with Crippen LogP contribution in [0.25, 0.3) is 0 Å². The highest BCUT2D eigenvalue weighted by Crippen LogP contribution is 2.26. The number of nitrogens with one attached hydrogen (secondary N) is 1. The van der Waals surface area contributed by atoms with Crippen LogP contribution in [0, 0.1) is 0 Å². The van der Waals surface area contributed by atoms with Crippen molar-refractivity contribution in [3.05, 3.63) is 53.1 Å². The second-order valence-corrected chi connectivity index (χ2v) is 7.07. The number of carbonyl (C=O) groups excluding carboxylic acids is 2. The molecule has 7 nitrogen and oxygen atoms in total. The topological polar surface area (TPSA) is 71.1 Å². The number of benzene rings is 2. The number of carbonyl (C=O) groups is 2. The Labute approximate surface area is 175 Å². The van der Waals surface area contributed by atoms with Crippen molar-refractivity contribution in [3.63, 3.8) is 0 Å². The first-order chi connectivity index (χ1) is 14.0. The summed E-state index contributed by atoms with van der Waals surface area (Å²) < 4.78 is 10.5. The Morgan fingerprint density at radius 3 is 2.31 bits per heavy atom. The van der Waals surface area contributed by atoms with Gasteiger partial charge >= 0.3 is 6.03 Å². The summed E-state index contributed by atoms with van der Waals surface area (Å²) in [7, 11) is 3.09. The SMILES string of the molecule is COc1ccc(C(=O)N2CCCN(C(=O)Nc3ccc(Cl)cc3)CC2)c(OC)c1. The molecule has 0 saturated carbocycles. The molecule has 3 amide bonds. The average Bonchev–Trinajstić information content (AvgIpc) is 3.00. The van der Waals surface area contributed by atoms with Crippen LogP contribution < -0.4 is 14.8 Å². The van der Waals surface area contributed by atoms with Gasteiger partial charge in [0.15, 0.2) is 0 Å². The standard InChI is InChI=1S/C21H24ClN3O4/c1-28-17-8-9-18(19(14-17)29-2)20(26)24-10-3-11-25(13-12-24)21(27)23-16-6-4-15(22)5-7-16/h4-9,14H,3,10-13H2,1-2H3,(H,23,27). The summed E-state index contributed by atoms with van der Waals surface area (Å²) in [5, 5.41) is 3.48. The van der Waals surface area contributed by atoms with Gasteiger partial charge in [0.05, 0.1) is 19.8 Å². The number of hydrogen-bond acceptors (Lipinski definition) is 4. The van der Waals surface area contributed by atoms with Gasteiger partial charge in [-0.25, -0.2) is 4.79 Å². The van der Waals surface area contributed by atoms with E-state index in [1.165, 1.54) is 7.11 Å². The molecule has 1 fully saturated rings. The van der Waals surface area contributed by atoms with Crippen LogP contribution in [0.4, 0.5) is 10.5 Å². The van der Waals surface area contributed by atoms with Crippen LogP contribution in [0.15, 0.2) is 42.5 Å². The van der Waals surface area contributed by atoms with Crippen molar-refractivity contribution in [2.24, 2.45) is 0 Å². The van der Waals surface area contributed by atoms with Crippen molar-refractivity contribution < 1.29 is 19.1 Å². The van der Waals surface area contributed by atoms with Crippen LogP contribution in [0.1, 0.15) is 16.8 Å². The van der Waals surface area contributed by atoms with Crippen LogP contribution in [0.2, 0.25) is 5.02 Å². The van der Waals surface area contributed by atoms with Crippen molar-refractivity contribution in [2.45, 2.75) is 6.42 Å². The second kappa shape index (κ2) is 9.52. The molecule has 0 radical (unpaired) electrons. The van der Waals surface area contributed by atoms with E-state index in [2.05, 4.69) is 5.32 Å². The molecule has 1 N–H and O–H groups in total. The normalized spacial score (nSPS) is 14.2. The van der Waals surface area contributed by atoms with Crippen molar-refractivity contribution in [1.29, 1.82) is 0 Å². The molecule has 3 rings (SSSR count). The van der Waals surface area contributed by atoms with E-state index < -0.39 is 0 Å². The molecule has 0 aliphatic carbocycles. The summed E-state index contributed by atoms with van der Waals surface area (Å²) in [4.78, 5) is 29.0. The molecule has 1 aliphatic heterocycles. The Bertz CT molecular complexity index is 873. The van der Waals surface area contributed by atoms with E-state index in [0.29, 0.717) is 60.4 Å². The van der Waals surface area contributed by atoms with Gasteiger partial charge in [-0.05, 0) is 42.8 Å². The number of urea groups is 1. The van der Waals surface area contributed by atoms with Crippen LogP contribution in [0.5, 0.6) is 11.5 Å². The summed E-state index contributed by atoms with van der Waals surface area (Å²) in [5.74, 6) is 0.972. The smallest absolute Gasteiger partial charge is 0.321 e. The fourth-order valence-corrected chi connectivity index (χ4v) is 3.33. The first kappa shape index (κ1) is 20.8. The molecule has 8 heteroatoms. The minimum Gasteiger partial charge on any atom is -0.497 e. The van der Waals surface area contributed by atoms with Crippen molar-refractivity contribution in [3.8, 4) is 11.5 Å². The number of methoxy groups -OCH3 is 2. The quantitative estimate of drug-likeness (QED) is 0.822. The van der Waals surface area contributed by atoms with Gasteiger partial charge in [-0.1, -0.05) is 11.6 Å². The number of halogens is 1. The molecule has 29 heavy (non-hydrogen) atoms. The Morgan fingerprint density at radius 1 is 0.931 bits per heavy atom. The molecular formula is C21H24ClN3O4. The second-order valence-electron chi connectivity index (χ2n) is 6.64. The van der Waals surface area contributed by atoms with Gasteiger partial charge in [-0.2, -0.15) is 0 Å². The summed E-state index contributed by atoms with van der Waals surface area (Å²) in [6.07, 6.45) is 0.693. The third-order valence-corrected chi connectivity index (χ3v) is 5.06. The zero-order valence-corrected chi connectivity index (χ0v) is 17.2. The number of ether oxygens (including phenoxy) is 2. The lowest BCUT2D eigenvalue weighted by Gasteiger charge is -2.23. The Morgan fingerprint density at radius 2 is 1.62 bits per heavy atom. The van der Waals surface area contributed by atoms with Crippen LogP contribution >= 0.6 is 11.6 Å². The predicted octanol–water partition coefficient (Wildman–Crippen LogP) is 3.74. The number of anilines is 1. The van der Waals surface area contributed by atoms with Gasteiger partial charge in [-0.3, -0.25) is 4.79 Å². The average molecular weight is 418 g/mol. The Kier molecular flexibility index (Phi) is 6.82. The summed E-state index contributed by atoms with van der Waals surface area (Å²) in [5.41, 5.74) is 1.16. The van der Waals surface area contributed by atoms with Gasteiger partial charge < -0.3 is 24.6 Å². The number of rotatable bonds is 4. The molecule has 0 atom stereocenters. The van der Waals surface area contributed by atoms with Crippen molar-refractivity contribution in [1.82, 2.24) is 9.80 Å². The highest BCUT2D eigenvalue weighted by atomic mass is 35.5. The summed E-state index contributed by atoms with van der Waals surface area (Å²) >= 11 is 5.88. The Balaban J connectivity index is 1.64. The van der Waals surface area contributed by atoms with E-state index in [-0.39, 0.29) is 11.9 Å². The van der Waals surface area contributed by atoms with E-state index in [9.17, 15) is 9.59 Å². The highest BCUT2D eigenvalue weighted by molar-refractivity contribution is 6.30. The fraction of sp³-hybridized carbons (Fsp3) is 0.333. The lowest BCUT2D eigenvalue weighted by molar-refractivity contribution is 0.0759. The number of nitrogens with zero attached hydrogens (tertiary/aromatic N) is 2. The maximum absolute atomic E-state index is 13.0. The van der Waals surface area contributed by atoms with Gasteiger partial charge in [0.25, 0.3) is 5.91 Å². The number of amides is 3. The van der Waals surface area contributed by atoms with Crippen molar-refractivity contribution >= 4 is 29.2 Å². The molecule has 154 valence electrons. The van der Waals surface area contributed by atoms with E-state index >= 15 is 0 Å². The Hall–Kier alpha value is -2.93. The van der Waals surface area contributed by atoms with E-state index in [4.69, 9.17) is 21.1 Å². The molecule has 1 heterocycles. The molecule has 2 aromatic carbocycles. The third kappa shape index (κ3) is 5.12. The maximum atomic E-state index is 13.0. The van der Waals surface area contributed by atoms with Gasteiger partial charge in [0.1, 0.15) is 11.5 Å². The van der Waals surface area contributed by atoms with Gasteiger partial charge in [0.2, 0.25) is 0 Å². The van der Waals surface area contributed by atoms with Gasteiger partial charge in [0, 0.05) is 43.0 Å². The van der Waals surface area contributed by atoms with E-state index in [1.807, 2.05) is 0 Å². The molecule has 0 unspecified atom stereocenters. The summed E-state index contributed by atoms with van der Waals surface area (Å²) in [6, 6.07) is 11.9. The zero-order chi connectivity index (χ0) is 20.8. The summed E-state index contributed by atoms with van der Waals surface area (Å²) in [6.45, 7) is 2.04. The van der Waals surface area contributed by atoms with E-state index in [1.54, 1.807) is 59.4 Å². The molecule has 0 aromatic heterocycles. The lowest BCUT2D eigenvalue weighted by Crippen LogP contribution is -2.39. The van der Waals surface area contributed by atoms with Crippen LogP contribution in [0.3, 0.4) is 0 Å². The maximum Gasteiger partial charge on any atom is 0.321 e. The monoisotopic (exact) mass is 417 g/mol. The predicted molar refractivity (Wildman–Crippen MR) is 112 cm³/mol. The molecule has 2 aromatic rings. The largest absolute Gasteiger partial charge is 0.497 e. The molecule has 1 saturated heterocycles. The van der Waals surface area contributed by atoms with E-state index in [0.717, 1.165) is 0 Å². The first-order valence-electron chi connectivity index (χ1n) is 9.34. The number of hydrogen-bond donors (Lipinski definition) is 1. The third-order valence-electron chi connectivity index (χ3n) is 4.80. The highest BCUT2D eigenvalue weighted by Gasteiger charge is 2.25. The minimum absolute atomic E-state index is 0.121. The minimum atomic E-state index is -0.191. The molecule has 0 bridgehead atoms. The van der Waals surface area contributed by atoms with Crippen LogP contribution in [-0.2, 0) is 0 Å². The zero-order valence-electron chi connectivity index (χ0n) is 16.5. The molecule has 0 spiro atoms. The van der Waals surface area contributed by atoms with Crippen LogP contribution in [-0.4, -0.2) is 62.1 Å². The van der Waals surface area contributed by atoms with Crippen molar-refractivity contribution in [2.75, 3.05) is 45.7 Å². The van der Waals surface area contributed by atoms with Gasteiger partial charge in [-0.15, -0.1) is 0 Å².